The van der Waals surface area contributed by atoms with Crippen LogP contribution in [0, 0.1) is 13.8 Å². The van der Waals surface area contributed by atoms with Gasteiger partial charge >= 0.3 is 0 Å². The zero-order valence-corrected chi connectivity index (χ0v) is 12.0. The molecule has 2 rings (SSSR count). The summed E-state index contributed by atoms with van der Waals surface area (Å²) in [5.74, 6) is 1.10. The Morgan fingerprint density at radius 2 is 1.95 bits per heavy atom. The summed E-state index contributed by atoms with van der Waals surface area (Å²) in [5.41, 5.74) is 3.30. The first kappa shape index (κ1) is 13.9. The van der Waals surface area contributed by atoms with Crippen molar-refractivity contribution in [3.8, 4) is 5.75 Å². The highest BCUT2D eigenvalue weighted by Crippen LogP contribution is 2.23. The summed E-state index contributed by atoms with van der Waals surface area (Å²) in [6, 6.07) is 4.07. The maximum Gasteiger partial charge on any atom is 0.227 e. The average molecular weight is 262 g/mol. The Morgan fingerprint density at radius 1 is 1.26 bits per heavy atom. The largest absolute Gasteiger partial charge is 0.496 e. The molecule has 1 aliphatic heterocycles. The van der Waals surface area contributed by atoms with Gasteiger partial charge in [0.2, 0.25) is 5.91 Å². The molecule has 1 N–H and O–H groups in total. The highest BCUT2D eigenvalue weighted by atomic mass is 16.5. The fourth-order valence-electron chi connectivity index (χ4n) is 2.45. The minimum absolute atomic E-state index is 0.217. The molecule has 1 fully saturated rings. The first-order chi connectivity index (χ1) is 9.11. The normalized spacial score (nSPS) is 15.4. The first-order valence-electron chi connectivity index (χ1n) is 6.74. The summed E-state index contributed by atoms with van der Waals surface area (Å²) < 4.78 is 5.30. The van der Waals surface area contributed by atoms with Crippen LogP contribution in [-0.2, 0) is 11.2 Å². The minimum Gasteiger partial charge on any atom is -0.496 e. The van der Waals surface area contributed by atoms with Crippen molar-refractivity contribution in [1.82, 2.24) is 10.2 Å². The molecule has 104 valence electrons. The maximum atomic E-state index is 12.3. The Labute approximate surface area is 114 Å². The van der Waals surface area contributed by atoms with Gasteiger partial charge in [-0.1, -0.05) is 6.07 Å². The average Bonchev–Trinajstić information content (AvgIpc) is 2.43. The molecule has 0 atom stereocenters. The van der Waals surface area contributed by atoms with E-state index in [1.807, 2.05) is 24.8 Å². The zero-order chi connectivity index (χ0) is 13.8. The monoisotopic (exact) mass is 262 g/mol. The van der Waals surface area contributed by atoms with E-state index in [1.54, 1.807) is 7.11 Å². The lowest BCUT2D eigenvalue weighted by molar-refractivity contribution is -0.131. The number of hydrogen-bond acceptors (Lipinski definition) is 3. The number of nitrogens with one attached hydrogen (secondary N) is 1. The van der Waals surface area contributed by atoms with Crippen molar-refractivity contribution < 1.29 is 9.53 Å². The van der Waals surface area contributed by atoms with Gasteiger partial charge in [-0.15, -0.1) is 0 Å². The molecule has 19 heavy (non-hydrogen) atoms. The lowest BCUT2D eigenvalue weighted by atomic mass is 10.0. The lowest BCUT2D eigenvalue weighted by Crippen LogP contribution is -2.47. The molecule has 1 aromatic rings. The molecule has 0 aliphatic carbocycles. The predicted molar refractivity (Wildman–Crippen MR) is 75.6 cm³/mol. The molecular formula is C15H22N2O2. The van der Waals surface area contributed by atoms with Crippen molar-refractivity contribution in [3.05, 3.63) is 28.8 Å². The van der Waals surface area contributed by atoms with Gasteiger partial charge in [0.25, 0.3) is 0 Å². The number of piperazine rings is 1. The number of rotatable bonds is 3. The molecule has 0 aromatic heterocycles. The van der Waals surface area contributed by atoms with E-state index in [1.165, 1.54) is 0 Å². The molecule has 1 saturated heterocycles. The van der Waals surface area contributed by atoms with Crippen molar-refractivity contribution in [1.29, 1.82) is 0 Å². The van der Waals surface area contributed by atoms with Crippen LogP contribution in [0.4, 0.5) is 0 Å². The second-order valence-electron chi connectivity index (χ2n) is 5.06. The number of aryl methyl sites for hydroxylation is 2. The van der Waals surface area contributed by atoms with Crippen LogP contribution in [0.25, 0.3) is 0 Å². The maximum absolute atomic E-state index is 12.3. The third-order valence-electron chi connectivity index (χ3n) is 3.66. The van der Waals surface area contributed by atoms with Gasteiger partial charge in [-0.05, 0) is 36.6 Å². The summed E-state index contributed by atoms with van der Waals surface area (Å²) in [6.07, 6.45) is 0.483. The van der Waals surface area contributed by atoms with E-state index in [0.29, 0.717) is 6.42 Å². The highest BCUT2D eigenvalue weighted by Gasteiger charge is 2.17. The van der Waals surface area contributed by atoms with E-state index in [-0.39, 0.29) is 5.91 Å². The van der Waals surface area contributed by atoms with Crippen LogP contribution in [0.15, 0.2) is 12.1 Å². The van der Waals surface area contributed by atoms with E-state index >= 15 is 0 Å². The molecular weight excluding hydrogens is 240 g/mol. The number of benzene rings is 1. The van der Waals surface area contributed by atoms with Gasteiger partial charge in [-0.2, -0.15) is 0 Å². The number of nitrogens with zero attached hydrogens (tertiary/aromatic N) is 1. The van der Waals surface area contributed by atoms with Gasteiger partial charge < -0.3 is 15.0 Å². The topological polar surface area (TPSA) is 41.6 Å². The van der Waals surface area contributed by atoms with E-state index in [4.69, 9.17) is 4.74 Å². The summed E-state index contributed by atoms with van der Waals surface area (Å²) >= 11 is 0. The van der Waals surface area contributed by atoms with Crippen molar-refractivity contribution in [2.45, 2.75) is 20.3 Å². The standard InChI is InChI=1S/C15H22N2O2/c1-11-9-14(19-3)12(2)8-13(11)10-15(18)17-6-4-16-5-7-17/h8-9,16H,4-7,10H2,1-3H3. The molecule has 1 aliphatic rings. The Morgan fingerprint density at radius 3 is 2.58 bits per heavy atom. The molecule has 4 nitrogen and oxygen atoms in total. The fourth-order valence-corrected chi connectivity index (χ4v) is 2.45. The van der Waals surface area contributed by atoms with Crippen LogP contribution < -0.4 is 10.1 Å². The van der Waals surface area contributed by atoms with Gasteiger partial charge in [-0.3, -0.25) is 4.79 Å². The molecule has 0 bridgehead atoms. The highest BCUT2D eigenvalue weighted by molar-refractivity contribution is 5.79. The van der Waals surface area contributed by atoms with Gasteiger partial charge in [0.1, 0.15) is 5.75 Å². The van der Waals surface area contributed by atoms with Crippen LogP contribution >= 0.6 is 0 Å². The second kappa shape index (κ2) is 6.06. The Hall–Kier alpha value is -1.55. The fraction of sp³-hybridized carbons (Fsp3) is 0.533. The van der Waals surface area contributed by atoms with Crippen LogP contribution in [0.5, 0.6) is 5.75 Å². The molecule has 0 unspecified atom stereocenters. The van der Waals surface area contributed by atoms with Gasteiger partial charge in [0, 0.05) is 26.2 Å². The van der Waals surface area contributed by atoms with E-state index in [0.717, 1.165) is 48.6 Å². The smallest absolute Gasteiger partial charge is 0.227 e. The molecule has 1 heterocycles. The number of ether oxygens (including phenoxy) is 1. The second-order valence-corrected chi connectivity index (χ2v) is 5.06. The Bertz CT molecular complexity index is 465. The SMILES string of the molecule is COc1cc(C)c(CC(=O)N2CCNCC2)cc1C. The van der Waals surface area contributed by atoms with Crippen LogP contribution in [-0.4, -0.2) is 44.1 Å². The summed E-state index contributed by atoms with van der Waals surface area (Å²) in [6.45, 7) is 7.46. The number of carbonyl (C=O) groups excluding carboxylic acids is 1. The van der Waals surface area contributed by atoms with Crippen molar-refractivity contribution >= 4 is 5.91 Å². The molecule has 1 amide bonds. The third-order valence-corrected chi connectivity index (χ3v) is 3.66. The van der Waals surface area contributed by atoms with Crippen molar-refractivity contribution in [2.75, 3.05) is 33.3 Å². The number of hydrogen-bond donors (Lipinski definition) is 1. The van der Waals surface area contributed by atoms with Crippen LogP contribution in [0.2, 0.25) is 0 Å². The van der Waals surface area contributed by atoms with E-state index in [9.17, 15) is 4.79 Å². The summed E-state index contributed by atoms with van der Waals surface area (Å²) in [4.78, 5) is 14.2. The van der Waals surface area contributed by atoms with E-state index < -0.39 is 0 Å². The first-order valence-corrected chi connectivity index (χ1v) is 6.74. The summed E-state index contributed by atoms with van der Waals surface area (Å²) in [7, 11) is 1.67. The predicted octanol–water partition coefficient (Wildman–Crippen LogP) is 1.29. The number of methoxy groups -OCH3 is 1. The molecule has 4 heteroatoms. The van der Waals surface area contributed by atoms with Crippen molar-refractivity contribution in [3.63, 3.8) is 0 Å². The van der Waals surface area contributed by atoms with Crippen molar-refractivity contribution in [2.24, 2.45) is 0 Å². The zero-order valence-electron chi connectivity index (χ0n) is 12.0. The molecule has 1 aromatic carbocycles. The third kappa shape index (κ3) is 3.26. The Kier molecular flexibility index (Phi) is 4.43. The van der Waals surface area contributed by atoms with Crippen LogP contribution in [0.1, 0.15) is 16.7 Å². The lowest BCUT2D eigenvalue weighted by Gasteiger charge is -2.27. The molecule has 0 spiro atoms. The minimum atomic E-state index is 0.217. The molecule has 0 saturated carbocycles. The van der Waals surface area contributed by atoms with Gasteiger partial charge in [0.15, 0.2) is 0 Å². The van der Waals surface area contributed by atoms with Gasteiger partial charge in [-0.25, -0.2) is 0 Å². The number of amides is 1. The Balaban J connectivity index is 2.10. The number of carbonyl (C=O) groups is 1. The molecule has 0 radical (unpaired) electrons. The summed E-state index contributed by atoms with van der Waals surface area (Å²) in [5, 5.41) is 3.26. The quantitative estimate of drug-likeness (QED) is 0.892. The van der Waals surface area contributed by atoms with E-state index in [2.05, 4.69) is 11.4 Å². The van der Waals surface area contributed by atoms with Gasteiger partial charge in [0.05, 0.1) is 13.5 Å². The van der Waals surface area contributed by atoms with Crippen LogP contribution in [0.3, 0.4) is 0 Å².